The van der Waals surface area contributed by atoms with Crippen molar-refractivity contribution in [3.8, 4) is 0 Å². The maximum atomic E-state index is 12.6. The van der Waals surface area contributed by atoms with Crippen LogP contribution in [-0.2, 0) is 6.54 Å². The molecule has 0 aliphatic carbocycles. The van der Waals surface area contributed by atoms with E-state index in [1.54, 1.807) is 29.7 Å². The summed E-state index contributed by atoms with van der Waals surface area (Å²) in [6.45, 7) is 1.79. The largest absolute Gasteiger partial charge is 0.393 e. The summed E-state index contributed by atoms with van der Waals surface area (Å²) < 4.78 is 1.94. The summed E-state index contributed by atoms with van der Waals surface area (Å²) in [6, 6.07) is 5.69. The van der Waals surface area contributed by atoms with Crippen LogP contribution in [0.1, 0.15) is 28.8 Å². The predicted octanol–water partition coefficient (Wildman–Crippen LogP) is 1.47. The van der Waals surface area contributed by atoms with Crippen molar-refractivity contribution in [1.82, 2.24) is 24.4 Å². The van der Waals surface area contributed by atoms with Crippen LogP contribution in [0.3, 0.4) is 0 Å². The average molecular weight is 337 g/mol. The fourth-order valence-electron chi connectivity index (χ4n) is 3.12. The van der Waals surface area contributed by atoms with E-state index >= 15 is 0 Å². The van der Waals surface area contributed by atoms with E-state index < -0.39 is 0 Å². The van der Waals surface area contributed by atoms with Gasteiger partial charge in [-0.2, -0.15) is 0 Å². The molecule has 1 saturated heterocycles. The van der Waals surface area contributed by atoms with E-state index in [1.807, 2.05) is 22.9 Å². The number of rotatable bonds is 3. The molecule has 7 nitrogen and oxygen atoms in total. The first kappa shape index (κ1) is 15.7. The summed E-state index contributed by atoms with van der Waals surface area (Å²) in [4.78, 5) is 27.3. The number of amides is 1. The summed E-state index contributed by atoms with van der Waals surface area (Å²) in [7, 11) is 0. The predicted molar refractivity (Wildman–Crippen MR) is 92.0 cm³/mol. The van der Waals surface area contributed by atoms with Crippen molar-refractivity contribution >= 4 is 17.1 Å². The number of likely N-dealkylation sites (tertiary alicyclic amines) is 1. The van der Waals surface area contributed by atoms with Gasteiger partial charge in [-0.05, 0) is 30.5 Å². The highest BCUT2D eigenvalue weighted by atomic mass is 16.3. The van der Waals surface area contributed by atoms with Crippen molar-refractivity contribution in [2.24, 2.45) is 0 Å². The van der Waals surface area contributed by atoms with Crippen LogP contribution >= 0.6 is 0 Å². The molecule has 0 spiro atoms. The highest BCUT2D eigenvalue weighted by Crippen LogP contribution is 2.17. The second kappa shape index (κ2) is 6.60. The Balaban J connectivity index is 1.56. The van der Waals surface area contributed by atoms with Crippen LogP contribution in [0, 0.1) is 0 Å². The Hall–Kier alpha value is -2.80. The van der Waals surface area contributed by atoms with Gasteiger partial charge in [0.1, 0.15) is 5.52 Å². The molecule has 1 N–H and O–H groups in total. The first-order chi connectivity index (χ1) is 12.2. The molecular formula is C18H19N5O2. The smallest absolute Gasteiger partial charge is 0.255 e. The quantitative estimate of drug-likeness (QED) is 0.782. The van der Waals surface area contributed by atoms with Gasteiger partial charge < -0.3 is 14.6 Å². The van der Waals surface area contributed by atoms with Crippen LogP contribution in [0.4, 0.5) is 0 Å². The summed E-state index contributed by atoms with van der Waals surface area (Å²) in [5, 5.41) is 9.58. The molecule has 4 heterocycles. The molecule has 0 radical (unpaired) electrons. The van der Waals surface area contributed by atoms with Gasteiger partial charge >= 0.3 is 0 Å². The Labute approximate surface area is 145 Å². The molecule has 3 aromatic heterocycles. The minimum absolute atomic E-state index is 0.0527. The number of fused-ring (bicyclic) bond motifs is 1. The molecule has 0 unspecified atom stereocenters. The summed E-state index contributed by atoms with van der Waals surface area (Å²) in [6.07, 6.45) is 7.85. The van der Waals surface area contributed by atoms with Crippen molar-refractivity contribution in [1.29, 1.82) is 0 Å². The van der Waals surface area contributed by atoms with Gasteiger partial charge in [-0.3, -0.25) is 9.78 Å². The molecule has 3 aromatic rings. The Kier molecular flexibility index (Phi) is 4.15. The van der Waals surface area contributed by atoms with Crippen LogP contribution in [0.25, 0.3) is 11.2 Å². The van der Waals surface area contributed by atoms with Gasteiger partial charge in [0.15, 0.2) is 5.65 Å². The molecule has 0 saturated carbocycles. The van der Waals surface area contributed by atoms with Gasteiger partial charge in [0.2, 0.25) is 0 Å². The first-order valence-electron chi connectivity index (χ1n) is 8.38. The van der Waals surface area contributed by atoms with Crippen LogP contribution in [0.2, 0.25) is 0 Å². The van der Waals surface area contributed by atoms with E-state index in [4.69, 9.17) is 0 Å². The topological polar surface area (TPSA) is 84.1 Å². The average Bonchev–Trinajstić information content (AvgIpc) is 3.05. The molecule has 0 aromatic carbocycles. The monoisotopic (exact) mass is 337 g/mol. The van der Waals surface area contributed by atoms with Gasteiger partial charge in [0, 0.05) is 31.7 Å². The molecule has 1 aliphatic rings. The molecule has 4 rings (SSSR count). The third kappa shape index (κ3) is 3.23. The zero-order valence-corrected chi connectivity index (χ0v) is 13.7. The Morgan fingerprint density at radius 1 is 1.24 bits per heavy atom. The minimum Gasteiger partial charge on any atom is -0.393 e. The fourth-order valence-corrected chi connectivity index (χ4v) is 3.12. The SMILES string of the molecule is O=C(c1cnc2c(c1)ncn2Cc1cccnc1)N1CCC(O)CC1. The molecular weight excluding hydrogens is 318 g/mol. The lowest BCUT2D eigenvalue weighted by Gasteiger charge is -2.29. The maximum Gasteiger partial charge on any atom is 0.255 e. The van der Waals surface area contributed by atoms with Gasteiger partial charge in [-0.1, -0.05) is 6.07 Å². The second-order valence-corrected chi connectivity index (χ2v) is 6.32. The van der Waals surface area contributed by atoms with Crippen LogP contribution in [0.5, 0.6) is 0 Å². The number of aromatic nitrogens is 4. The van der Waals surface area contributed by atoms with Crippen molar-refractivity contribution in [3.05, 3.63) is 54.2 Å². The normalized spacial score (nSPS) is 15.6. The third-order valence-corrected chi connectivity index (χ3v) is 4.53. The standard InChI is InChI=1S/C18H19N5O2/c24-15-3-6-22(7-4-15)18(25)14-8-16-17(20-10-14)23(12-21-16)11-13-2-1-5-19-9-13/h1-2,5,8-10,12,15,24H,3-4,6-7,11H2. The number of aliphatic hydroxyl groups excluding tert-OH is 1. The van der Waals surface area contributed by atoms with E-state index in [1.165, 1.54) is 0 Å². The number of aliphatic hydroxyl groups is 1. The van der Waals surface area contributed by atoms with Crippen LogP contribution in [0.15, 0.2) is 43.1 Å². The van der Waals surface area contributed by atoms with Gasteiger partial charge in [-0.25, -0.2) is 9.97 Å². The van der Waals surface area contributed by atoms with E-state index in [9.17, 15) is 9.90 Å². The van der Waals surface area contributed by atoms with Gasteiger partial charge in [0.05, 0.1) is 24.5 Å². The molecule has 128 valence electrons. The molecule has 7 heteroatoms. The number of pyridine rings is 2. The van der Waals surface area contributed by atoms with Gasteiger partial charge in [0.25, 0.3) is 5.91 Å². The van der Waals surface area contributed by atoms with Crippen LogP contribution < -0.4 is 0 Å². The molecule has 0 atom stereocenters. The number of piperidine rings is 1. The van der Waals surface area contributed by atoms with E-state index in [0.29, 0.717) is 43.6 Å². The van der Waals surface area contributed by atoms with Crippen molar-refractivity contribution in [3.63, 3.8) is 0 Å². The van der Waals surface area contributed by atoms with Gasteiger partial charge in [-0.15, -0.1) is 0 Å². The molecule has 1 amide bonds. The molecule has 25 heavy (non-hydrogen) atoms. The first-order valence-corrected chi connectivity index (χ1v) is 8.38. The zero-order valence-electron chi connectivity index (χ0n) is 13.7. The minimum atomic E-state index is -0.298. The third-order valence-electron chi connectivity index (χ3n) is 4.53. The summed E-state index contributed by atoms with van der Waals surface area (Å²) in [5.74, 6) is -0.0527. The molecule has 1 aliphatic heterocycles. The lowest BCUT2D eigenvalue weighted by atomic mass is 10.1. The lowest BCUT2D eigenvalue weighted by molar-refractivity contribution is 0.0546. The highest BCUT2D eigenvalue weighted by Gasteiger charge is 2.23. The van der Waals surface area contributed by atoms with Crippen molar-refractivity contribution in [2.45, 2.75) is 25.5 Å². The molecule has 0 bridgehead atoms. The second-order valence-electron chi connectivity index (χ2n) is 6.32. The number of imidazole rings is 1. The maximum absolute atomic E-state index is 12.6. The fraction of sp³-hybridized carbons (Fsp3) is 0.333. The van der Waals surface area contributed by atoms with E-state index in [0.717, 1.165) is 11.2 Å². The Morgan fingerprint density at radius 3 is 2.84 bits per heavy atom. The van der Waals surface area contributed by atoms with E-state index in [2.05, 4.69) is 15.0 Å². The van der Waals surface area contributed by atoms with Crippen molar-refractivity contribution < 1.29 is 9.90 Å². The number of carbonyl (C=O) groups excluding carboxylic acids is 1. The Morgan fingerprint density at radius 2 is 2.08 bits per heavy atom. The molecule has 1 fully saturated rings. The summed E-state index contributed by atoms with van der Waals surface area (Å²) in [5.41, 5.74) is 3.05. The van der Waals surface area contributed by atoms with Crippen molar-refractivity contribution in [2.75, 3.05) is 13.1 Å². The van der Waals surface area contributed by atoms with E-state index in [-0.39, 0.29) is 12.0 Å². The van der Waals surface area contributed by atoms with Crippen LogP contribution in [-0.4, -0.2) is 54.6 Å². The number of hydrogen-bond acceptors (Lipinski definition) is 5. The highest BCUT2D eigenvalue weighted by molar-refractivity contribution is 5.96. The number of nitrogens with zero attached hydrogens (tertiary/aromatic N) is 5. The number of hydrogen-bond donors (Lipinski definition) is 1. The number of carbonyl (C=O) groups is 1. The Bertz CT molecular complexity index is 885. The lowest BCUT2D eigenvalue weighted by Crippen LogP contribution is -2.40. The zero-order chi connectivity index (χ0) is 17.2. The summed E-state index contributed by atoms with van der Waals surface area (Å²) >= 11 is 0.